The van der Waals surface area contributed by atoms with Crippen molar-refractivity contribution in [3.63, 3.8) is 0 Å². The number of amides is 1. The second kappa shape index (κ2) is 6.88. The average Bonchev–Trinajstić information content (AvgIpc) is 3.22. The van der Waals surface area contributed by atoms with E-state index in [1.54, 1.807) is 55.5 Å². The minimum Gasteiger partial charge on any atom is -0.298 e. The maximum absolute atomic E-state index is 13.7. The predicted molar refractivity (Wildman–Crippen MR) is 101 cm³/mol. The molecule has 5 nitrogen and oxygen atoms in total. The molecular formula is C19H14F2N4OS. The predicted octanol–water partition coefficient (Wildman–Crippen LogP) is 5.12. The van der Waals surface area contributed by atoms with Crippen molar-refractivity contribution in [2.24, 2.45) is 0 Å². The topological polar surface area (TPSA) is 59.8 Å². The first kappa shape index (κ1) is 17.3. The number of nitrogens with zero attached hydrogens (tertiary/aromatic N) is 3. The fraction of sp³-hybridized carbons (Fsp3) is 0.105. The summed E-state index contributed by atoms with van der Waals surface area (Å²) in [5.74, 6) is -0.167. The Morgan fingerprint density at radius 1 is 1.07 bits per heavy atom. The lowest BCUT2D eigenvalue weighted by atomic mass is 10.2. The van der Waals surface area contributed by atoms with Crippen molar-refractivity contribution in [3.05, 3.63) is 65.9 Å². The summed E-state index contributed by atoms with van der Waals surface area (Å²) in [6.45, 7) is -1.03. The number of hydrogen-bond acceptors (Lipinski definition) is 4. The number of carbonyl (C=O) groups is 1. The van der Waals surface area contributed by atoms with Gasteiger partial charge in [-0.05, 0) is 31.2 Å². The Kier molecular flexibility index (Phi) is 4.41. The van der Waals surface area contributed by atoms with E-state index in [1.165, 1.54) is 0 Å². The smallest absolute Gasteiger partial charge is 0.298 e. The van der Waals surface area contributed by atoms with Gasteiger partial charge in [-0.2, -0.15) is 8.78 Å². The monoisotopic (exact) mass is 384 g/mol. The van der Waals surface area contributed by atoms with Crippen LogP contribution in [0.4, 0.5) is 13.9 Å². The molecule has 0 aliphatic rings. The number of benzene rings is 2. The molecule has 0 unspecified atom stereocenters. The van der Waals surface area contributed by atoms with E-state index < -0.39 is 6.55 Å². The molecule has 0 atom stereocenters. The van der Waals surface area contributed by atoms with Gasteiger partial charge >= 0.3 is 6.55 Å². The summed E-state index contributed by atoms with van der Waals surface area (Å²) in [5, 5.41) is 3.05. The molecule has 2 aromatic heterocycles. The van der Waals surface area contributed by atoms with E-state index in [-0.39, 0.29) is 11.7 Å². The van der Waals surface area contributed by atoms with Crippen LogP contribution in [-0.4, -0.2) is 20.4 Å². The van der Waals surface area contributed by atoms with Crippen molar-refractivity contribution < 1.29 is 13.6 Å². The van der Waals surface area contributed by atoms with E-state index in [2.05, 4.69) is 15.3 Å². The van der Waals surface area contributed by atoms with E-state index in [0.29, 0.717) is 32.3 Å². The van der Waals surface area contributed by atoms with Crippen LogP contribution in [-0.2, 0) is 0 Å². The van der Waals surface area contributed by atoms with Gasteiger partial charge in [-0.3, -0.25) is 14.7 Å². The quantitative estimate of drug-likeness (QED) is 0.532. The van der Waals surface area contributed by atoms with Crippen molar-refractivity contribution in [3.8, 4) is 10.7 Å². The molecular weight excluding hydrogens is 370 g/mol. The van der Waals surface area contributed by atoms with Gasteiger partial charge in [0.1, 0.15) is 0 Å². The molecule has 8 heteroatoms. The van der Waals surface area contributed by atoms with E-state index in [4.69, 9.17) is 0 Å². The summed E-state index contributed by atoms with van der Waals surface area (Å²) in [6, 6.07) is 15.4. The number of para-hydroxylation sites is 2. The van der Waals surface area contributed by atoms with Gasteiger partial charge in [0.05, 0.1) is 21.6 Å². The highest BCUT2D eigenvalue weighted by molar-refractivity contribution is 7.19. The van der Waals surface area contributed by atoms with Gasteiger partial charge in [0.2, 0.25) is 0 Å². The largest absolute Gasteiger partial charge is 0.320 e. The van der Waals surface area contributed by atoms with Crippen LogP contribution >= 0.6 is 11.3 Å². The van der Waals surface area contributed by atoms with Crippen LogP contribution in [0.25, 0.3) is 21.7 Å². The number of nitrogens with one attached hydrogen (secondary N) is 1. The number of alkyl halides is 2. The molecule has 0 saturated carbocycles. The molecule has 2 heterocycles. The normalized spacial score (nSPS) is 11.3. The number of rotatable bonds is 4. The van der Waals surface area contributed by atoms with Crippen molar-refractivity contribution in [2.45, 2.75) is 13.5 Å². The van der Waals surface area contributed by atoms with E-state index in [1.807, 2.05) is 6.07 Å². The molecule has 27 heavy (non-hydrogen) atoms. The van der Waals surface area contributed by atoms with Gasteiger partial charge in [-0.15, -0.1) is 0 Å². The summed E-state index contributed by atoms with van der Waals surface area (Å²) in [4.78, 5) is 21.5. The number of anilines is 1. The van der Waals surface area contributed by atoms with Crippen LogP contribution in [0, 0.1) is 6.92 Å². The Morgan fingerprint density at radius 2 is 1.78 bits per heavy atom. The number of thiazole rings is 1. The van der Waals surface area contributed by atoms with Crippen molar-refractivity contribution in [1.82, 2.24) is 14.5 Å². The minimum absolute atomic E-state index is 0.140. The highest BCUT2D eigenvalue weighted by Gasteiger charge is 2.23. The van der Waals surface area contributed by atoms with E-state index in [9.17, 15) is 13.6 Å². The van der Waals surface area contributed by atoms with Crippen molar-refractivity contribution >= 4 is 33.4 Å². The van der Waals surface area contributed by atoms with Crippen LogP contribution in [0.5, 0.6) is 0 Å². The summed E-state index contributed by atoms with van der Waals surface area (Å²) < 4.78 is 28.3. The number of fused-ring (bicyclic) bond motifs is 1. The van der Waals surface area contributed by atoms with E-state index >= 15 is 0 Å². The SMILES string of the molecule is Cc1nc(NC(=O)c2ccccc2)sc1-c1nc2ccccc2n1C(F)F. The van der Waals surface area contributed by atoms with E-state index in [0.717, 1.165) is 15.9 Å². The molecule has 136 valence electrons. The molecule has 0 radical (unpaired) electrons. The molecule has 0 fully saturated rings. The molecule has 4 aromatic rings. The molecule has 1 amide bonds. The summed E-state index contributed by atoms with van der Waals surface area (Å²) in [6.07, 6.45) is 0. The lowest BCUT2D eigenvalue weighted by molar-refractivity contribution is 0.0764. The van der Waals surface area contributed by atoms with Gasteiger partial charge in [0, 0.05) is 5.56 Å². The second-order valence-electron chi connectivity index (χ2n) is 5.83. The average molecular weight is 384 g/mol. The highest BCUT2D eigenvalue weighted by Crippen LogP contribution is 2.36. The molecule has 0 bridgehead atoms. The number of imidazole rings is 1. The van der Waals surface area contributed by atoms with Crippen LogP contribution in [0.2, 0.25) is 0 Å². The second-order valence-corrected chi connectivity index (χ2v) is 6.82. The molecule has 0 aliphatic carbocycles. The minimum atomic E-state index is -2.74. The van der Waals surface area contributed by atoms with Gasteiger partial charge in [-0.1, -0.05) is 41.7 Å². The lowest BCUT2D eigenvalue weighted by Gasteiger charge is -2.06. The number of carbonyl (C=O) groups excluding carboxylic acids is 1. The van der Waals surface area contributed by atoms with Gasteiger partial charge in [0.25, 0.3) is 5.91 Å². The van der Waals surface area contributed by atoms with Gasteiger partial charge in [0.15, 0.2) is 11.0 Å². The summed E-state index contributed by atoms with van der Waals surface area (Å²) in [5.41, 5.74) is 1.85. The third kappa shape index (κ3) is 3.19. The third-order valence-corrected chi connectivity index (χ3v) is 5.12. The zero-order valence-corrected chi connectivity index (χ0v) is 15.0. The zero-order chi connectivity index (χ0) is 19.0. The standard InChI is InChI=1S/C19H14F2N4OS/c1-11-15(16-23-13-9-5-6-10-14(13)25(16)18(20)21)27-19(22-11)24-17(26)12-7-3-2-4-8-12/h2-10,18H,1H3,(H,22,24,26). The van der Waals surface area contributed by atoms with Gasteiger partial charge < -0.3 is 0 Å². The van der Waals surface area contributed by atoms with Gasteiger partial charge in [-0.25, -0.2) is 9.97 Å². The fourth-order valence-electron chi connectivity index (χ4n) is 2.82. The van der Waals surface area contributed by atoms with Crippen molar-refractivity contribution in [1.29, 1.82) is 0 Å². The van der Waals surface area contributed by atoms with Crippen molar-refractivity contribution in [2.75, 3.05) is 5.32 Å². The summed E-state index contributed by atoms with van der Waals surface area (Å²) in [7, 11) is 0. The first-order valence-electron chi connectivity index (χ1n) is 8.14. The molecule has 4 rings (SSSR count). The van der Waals surface area contributed by atoms with Crippen LogP contribution in [0.3, 0.4) is 0 Å². The number of hydrogen-bond donors (Lipinski definition) is 1. The Labute approximate surface area is 157 Å². The molecule has 1 N–H and O–H groups in total. The summed E-state index contributed by atoms with van der Waals surface area (Å²) >= 11 is 1.12. The molecule has 0 aliphatic heterocycles. The first-order valence-corrected chi connectivity index (χ1v) is 8.95. The third-order valence-electron chi connectivity index (χ3n) is 4.05. The Balaban J connectivity index is 1.73. The maximum Gasteiger partial charge on any atom is 0.320 e. The highest BCUT2D eigenvalue weighted by atomic mass is 32.1. The maximum atomic E-state index is 13.7. The van der Waals surface area contributed by atoms with Crippen LogP contribution in [0.15, 0.2) is 54.6 Å². The number of aromatic nitrogens is 3. The Hall–Kier alpha value is -3.13. The first-order chi connectivity index (χ1) is 13.0. The fourth-order valence-corrected chi connectivity index (χ4v) is 3.77. The lowest BCUT2D eigenvalue weighted by Crippen LogP contribution is -2.11. The van der Waals surface area contributed by atoms with Crippen LogP contribution < -0.4 is 5.32 Å². The Bertz CT molecular complexity index is 1120. The Morgan fingerprint density at radius 3 is 2.52 bits per heavy atom. The molecule has 0 spiro atoms. The zero-order valence-electron chi connectivity index (χ0n) is 14.2. The molecule has 2 aromatic carbocycles. The number of halogens is 2. The number of aryl methyl sites for hydroxylation is 1. The van der Waals surface area contributed by atoms with Crippen LogP contribution in [0.1, 0.15) is 22.6 Å². The molecule has 0 saturated heterocycles.